The van der Waals surface area contributed by atoms with E-state index in [1.165, 1.54) is 4.90 Å². The number of benzene rings is 1. The quantitative estimate of drug-likeness (QED) is 0.575. The lowest BCUT2D eigenvalue weighted by Gasteiger charge is -2.13. The van der Waals surface area contributed by atoms with E-state index in [2.05, 4.69) is 16.9 Å². The number of halogens is 1. The maximum atomic E-state index is 12.2. The summed E-state index contributed by atoms with van der Waals surface area (Å²) in [6.45, 7) is 2.75. The molecule has 0 bridgehead atoms. The number of fused-ring (bicyclic) bond motifs is 3. The van der Waals surface area contributed by atoms with Crippen LogP contribution in [0, 0.1) is 11.8 Å². The maximum absolute atomic E-state index is 12.2. The molecule has 8 nitrogen and oxygen atoms in total. The molecule has 2 aliphatic rings. The van der Waals surface area contributed by atoms with Crippen LogP contribution in [0.3, 0.4) is 0 Å². The van der Waals surface area contributed by atoms with Gasteiger partial charge in [-0.2, -0.15) is 5.10 Å². The highest BCUT2D eigenvalue weighted by Gasteiger charge is 2.42. The zero-order valence-corrected chi connectivity index (χ0v) is 17.3. The molecule has 4 rings (SSSR count). The van der Waals surface area contributed by atoms with Crippen molar-refractivity contribution in [2.45, 2.75) is 25.4 Å². The molecule has 0 spiro atoms. The summed E-state index contributed by atoms with van der Waals surface area (Å²) >= 11 is 6.40. The van der Waals surface area contributed by atoms with Crippen LogP contribution < -0.4 is 4.74 Å². The Bertz CT molecular complexity index is 1100. The van der Waals surface area contributed by atoms with Crippen LogP contribution >= 0.6 is 11.6 Å². The van der Waals surface area contributed by atoms with Gasteiger partial charge in [-0.3, -0.25) is 4.79 Å². The molecule has 0 unspecified atom stereocenters. The van der Waals surface area contributed by atoms with E-state index >= 15 is 0 Å². The first kappa shape index (κ1) is 20.3. The van der Waals surface area contributed by atoms with Gasteiger partial charge in [0.05, 0.1) is 23.9 Å². The van der Waals surface area contributed by atoms with Gasteiger partial charge in [0, 0.05) is 32.0 Å². The summed E-state index contributed by atoms with van der Waals surface area (Å²) in [4.78, 5) is 25.8. The standard InChI is InChI=1S/C21H20ClN3O5/c1-3-29-19(26)18-17(22)14-7-11-30-16-5-4-13(12-15(16)25(14)23-18)6-8-21(28)9-10-24(2)20(21)27/h4-5,12,28H,3,7,9-11H2,1-2H3/t21-/m0/s1. The molecule has 156 valence electrons. The van der Waals surface area contributed by atoms with Crippen molar-refractivity contribution < 1.29 is 24.2 Å². The fourth-order valence-electron chi connectivity index (χ4n) is 3.46. The number of carbonyl (C=O) groups is 2. The SMILES string of the molecule is CCOC(=O)c1nn2c(c1Cl)CCOc1ccc(C#C[C@]3(O)CCN(C)C3=O)cc1-2. The Kier molecular flexibility index (Phi) is 5.18. The Labute approximate surface area is 178 Å². The predicted octanol–water partition coefficient (Wildman–Crippen LogP) is 1.58. The molecular weight excluding hydrogens is 410 g/mol. The van der Waals surface area contributed by atoms with Crippen LogP contribution in [0.15, 0.2) is 18.2 Å². The number of ether oxygens (including phenoxy) is 2. The van der Waals surface area contributed by atoms with Gasteiger partial charge in [0.2, 0.25) is 5.60 Å². The van der Waals surface area contributed by atoms with Gasteiger partial charge in [0.15, 0.2) is 5.69 Å². The first-order valence-electron chi connectivity index (χ1n) is 9.57. The van der Waals surface area contributed by atoms with E-state index in [-0.39, 0.29) is 23.7 Å². The summed E-state index contributed by atoms with van der Waals surface area (Å²) in [5.41, 5.74) is 0.121. The molecule has 0 saturated carbocycles. The summed E-state index contributed by atoms with van der Waals surface area (Å²) in [5.74, 6) is 5.13. The first-order chi connectivity index (χ1) is 14.3. The number of esters is 1. The molecule has 2 aromatic rings. The lowest BCUT2D eigenvalue weighted by molar-refractivity contribution is -0.137. The van der Waals surface area contributed by atoms with Crippen molar-refractivity contribution in [1.29, 1.82) is 0 Å². The molecule has 9 heteroatoms. The third-order valence-corrected chi connectivity index (χ3v) is 5.49. The van der Waals surface area contributed by atoms with Crippen molar-refractivity contribution in [2.75, 3.05) is 26.8 Å². The maximum Gasteiger partial charge on any atom is 0.360 e. The topological polar surface area (TPSA) is 93.9 Å². The molecule has 1 N–H and O–H groups in total. The number of nitrogens with zero attached hydrogens (tertiary/aromatic N) is 3. The van der Waals surface area contributed by atoms with Crippen LogP contribution in [0.4, 0.5) is 0 Å². The largest absolute Gasteiger partial charge is 0.491 e. The van der Waals surface area contributed by atoms with Gasteiger partial charge >= 0.3 is 5.97 Å². The van der Waals surface area contributed by atoms with Gasteiger partial charge in [0.25, 0.3) is 5.91 Å². The van der Waals surface area contributed by atoms with Crippen molar-refractivity contribution in [3.05, 3.63) is 40.2 Å². The van der Waals surface area contributed by atoms with Gasteiger partial charge in [0.1, 0.15) is 11.4 Å². The Morgan fingerprint density at radius 3 is 2.97 bits per heavy atom. The molecular formula is C21H20ClN3O5. The molecule has 1 atom stereocenters. The van der Waals surface area contributed by atoms with E-state index in [9.17, 15) is 14.7 Å². The number of aliphatic hydroxyl groups is 1. The van der Waals surface area contributed by atoms with Crippen molar-refractivity contribution in [2.24, 2.45) is 0 Å². The lowest BCUT2D eigenvalue weighted by atomic mass is 10.0. The summed E-state index contributed by atoms with van der Waals surface area (Å²) in [5, 5.41) is 15.1. The second kappa shape index (κ2) is 7.67. The number of likely N-dealkylation sites (N-methyl/N-ethyl adjacent to an activating group) is 1. The van der Waals surface area contributed by atoms with Crippen LogP contribution in [0.5, 0.6) is 5.75 Å². The molecule has 2 aliphatic heterocycles. The molecule has 3 heterocycles. The summed E-state index contributed by atoms with van der Waals surface area (Å²) in [7, 11) is 1.63. The molecule has 1 saturated heterocycles. The predicted molar refractivity (Wildman–Crippen MR) is 108 cm³/mol. The summed E-state index contributed by atoms with van der Waals surface area (Å²) in [6.07, 6.45) is 0.715. The number of amides is 1. The molecule has 1 amide bonds. The highest BCUT2D eigenvalue weighted by molar-refractivity contribution is 6.34. The first-order valence-corrected chi connectivity index (χ1v) is 9.94. The third-order valence-electron chi connectivity index (χ3n) is 5.09. The minimum Gasteiger partial charge on any atom is -0.491 e. The Balaban J connectivity index is 1.75. The highest BCUT2D eigenvalue weighted by Crippen LogP contribution is 2.33. The molecule has 1 aromatic heterocycles. The van der Waals surface area contributed by atoms with Gasteiger partial charge in [-0.25, -0.2) is 9.48 Å². The smallest absolute Gasteiger partial charge is 0.360 e. The van der Waals surface area contributed by atoms with Crippen molar-refractivity contribution in [1.82, 2.24) is 14.7 Å². The second-order valence-corrected chi connectivity index (χ2v) is 7.49. The second-order valence-electron chi connectivity index (χ2n) is 7.11. The number of hydrogen-bond acceptors (Lipinski definition) is 6. The average molecular weight is 430 g/mol. The van der Waals surface area contributed by atoms with Crippen molar-refractivity contribution >= 4 is 23.5 Å². The minimum atomic E-state index is -1.69. The molecule has 30 heavy (non-hydrogen) atoms. The van der Waals surface area contributed by atoms with Gasteiger partial charge in [-0.1, -0.05) is 23.4 Å². The summed E-state index contributed by atoms with van der Waals surface area (Å²) < 4.78 is 12.4. The van der Waals surface area contributed by atoms with Crippen LogP contribution in [-0.4, -0.2) is 64.1 Å². The fraction of sp³-hybridized carbons (Fsp3) is 0.381. The van der Waals surface area contributed by atoms with Crippen molar-refractivity contribution in [3.63, 3.8) is 0 Å². The number of likely N-dealkylation sites (tertiary alicyclic amines) is 1. The van der Waals surface area contributed by atoms with E-state index in [4.69, 9.17) is 21.1 Å². The number of rotatable bonds is 2. The highest BCUT2D eigenvalue weighted by atomic mass is 35.5. The summed E-state index contributed by atoms with van der Waals surface area (Å²) in [6, 6.07) is 5.20. The monoisotopic (exact) mass is 429 g/mol. The number of carbonyl (C=O) groups excluding carboxylic acids is 2. The van der Waals surface area contributed by atoms with Gasteiger partial charge in [-0.15, -0.1) is 0 Å². The Morgan fingerprint density at radius 2 is 2.27 bits per heavy atom. The van der Waals surface area contributed by atoms with Crippen LogP contribution in [0.1, 0.15) is 35.1 Å². The van der Waals surface area contributed by atoms with E-state index in [0.717, 1.165) is 0 Å². The zero-order chi connectivity index (χ0) is 21.5. The zero-order valence-electron chi connectivity index (χ0n) is 16.6. The molecule has 0 aliphatic carbocycles. The number of aromatic nitrogens is 2. The van der Waals surface area contributed by atoms with Crippen LogP contribution in [0.25, 0.3) is 5.69 Å². The van der Waals surface area contributed by atoms with E-state index in [0.29, 0.717) is 42.3 Å². The van der Waals surface area contributed by atoms with Crippen LogP contribution in [0.2, 0.25) is 5.02 Å². The molecule has 0 radical (unpaired) electrons. The van der Waals surface area contributed by atoms with Gasteiger partial charge in [-0.05, 0) is 25.1 Å². The van der Waals surface area contributed by atoms with E-state index in [1.807, 2.05) is 0 Å². The van der Waals surface area contributed by atoms with Crippen molar-refractivity contribution in [3.8, 4) is 23.3 Å². The van der Waals surface area contributed by atoms with E-state index < -0.39 is 17.5 Å². The normalized spacial score (nSPS) is 19.9. The Morgan fingerprint density at radius 1 is 1.47 bits per heavy atom. The lowest BCUT2D eigenvalue weighted by Crippen LogP contribution is -2.37. The Hall–Kier alpha value is -3.02. The molecule has 1 aromatic carbocycles. The fourth-order valence-corrected chi connectivity index (χ4v) is 3.75. The third kappa shape index (κ3) is 3.40. The molecule has 1 fully saturated rings. The van der Waals surface area contributed by atoms with Gasteiger partial charge < -0.3 is 19.5 Å². The minimum absolute atomic E-state index is 0.0479. The van der Waals surface area contributed by atoms with Crippen LogP contribution in [-0.2, 0) is 16.0 Å². The number of hydrogen-bond donors (Lipinski definition) is 1. The average Bonchev–Trinajstić information content (AvgIpc) is 3.11. The van der Waals surface area contributed by atoms with E-state index in [1.54, 1.807) is 36.9 Å².